The van der Waals surface area contributed by atoms with Crippen LogP contribution in [-0.4, -0.2) is 35.0 Å². The molecule has 0 bridgehead atoms. The Morgan fingerprint density at radius 2 is 1.86 bits per heavy atom. The molecule has 1 aromatic carbocycles. The molecule has 1 aliphatic heterocycles. The summed E-state index contributed by atoms with van der Waals surface area (Å²) in [5.74, 6) is 1.04. The van der Waals surface area contributed by atoms with E-state index in [2.05, 4.69) is 40.2 Å². The number of rotatable bonds is 4. The smallest absolute Gasteiger partial charge is 0.410 e. The van der Waals surface area contributed by atoms with Crippen LogP contribution in [0.1, 0.15) is 32.8 Å². The van der Waals surface area contributed by atoms with E-state index in [1.54, 1.807) is 0 Å². The fourth-order valence-electron chi connectivity index (χ4n) is 2.91. The Hall–Kier alpha value is -1.03. The third-order valence-corrected chi connectivity index (χ3v) is 4.90. The van der Waals surface area contributed by atoms with Crippen LogP contribution >= 0.6 is 15.9 Å². The van der Waals surface area contributed by atoms with Crippen molar-refractivity contribution in [3.05, 3.63) is 35.9 Å². The first-order valence-electron chi connectivity index (χ1n) is 7.97. The maximum absolute atomic E-state index is 12.2. The first kappa shape index (κ1) is 17.3. The van der Waals surface area contributed by atoms with Gasteiger partial charge in [-0.15, -0.1) is 0 Å². The summed E-state index contributed by atoms with van der Waals surface area (Å²) in [6, 6.07) is 10.6. The van der Waals surface area contributed by atoms with Crippen molar-refractivity contribution in [1.82, 2.24) is 4.90 Å². The van der Waals surface area contributed by atoms with Crippen LogP contribution in [0, 0.1) is 11.8 Å². The highest BCUT2D eigenvalue weighted by molar-refractivity contribution is 9.09. The van der Waals surface area contributed by atoms with E-state index in [0.717, 1.165) is 31.3 Å². The largest absolute Gasteiger partial charge is 0.444 e. The molecule has 0 radical (unpaired) electrons. The zero-order valence-corrected chi connectivity index (χ0v) is 15.3. The standard InChI is InChI=1S/C18H26BrNO2/c1-18(2,3)22-17(21)20-12-15(16(11-19)13-20)10-9-14-7-5-4-6-8-14/h4-8,15-16H,9-13H2,1-3H3/t15-,16-/m0/s1. The topological polar surface area (TPSA) is 29.5 Å². The van der Waals surface area contributed by atoms with Crippen molar-refractivity contribution in [2.45, 2.75) is 39.2 Å². The molecule has 22 heavy (non-hydrogen) atoms. The van der Waals surface area contributed by atoms with Crippen LogP contribution in [0.5, 0.6) is 0 Å². The monoisotopic (exact) mass is 367 g/mol. The van der Waals surface area contributed by atoms with Crippen LogP contribution in [-0.2, 0) is 11.2 Å². The Morgan fingerprint density at radius 3 is 2.45 bits per heavy atom. The second kappa shape index (κ2) is 7.49. The van der Waals surface area contributed by atoms with Crippen LogP contribution < -0.4 is 0 Å². The summed E-state index contributed by atoms with van der Waals surface area (Å²) < 4.78 is 5.50. The van der Waals surface area contributed by atoms with Gasteiger partial charge in [-0.25, -0.2) is 4.79 Å². The zero-order chi connectivity index (χ0) is 16.2. The van der Waals surface area contributed by atoms with Gasteiger partial charge in [-0.05, 0) is 51.0 Å². The average molecular weight is 368 g/mol. The lowest BCUT2D eigenvalue weighted by atomic mass is 9.91. The second-order valence-corrected chi connectivity index (χ2v) is 7.73. The van der Waals surface area contributed by atoms with Crippen molar-refractivity contribution >= 4 is 22.0 Å². The molecule has 2 rings (SSSR count). The summed E-state index contributed by atoms with van der Waals surface area (Å²) in [6.07, 6.45) is 2.00. The number of alkyl halides is 1. The van der Waals surface area contributed by atoms with Crippen molar-refractivity contribution in [2.75, 3.05) is 18.4 Å². The van der Waals surface area contributed by atoms with Gasteiger partial charge in [-0.3, -0.25) is 0 Å². The van der Waals surface area contributed by atoms with Crippen molar-refractivity contribution in [2.24, 2.45) is 11.8 Å². The highest BCUT2D eigenvalue weighted by Gasteiger charge is 2.36. The van der Waals surface area contributed by atoms with Gasteiger partial charge in [0.15, 0.2) is 0 Å². The third-order valence-electron chi connectivity index (χ3n) is 4.07. The minimum Gasteiger partial charge on any atom is -0.444 e. The normalized spacial score (nSPS) is 21.9. The first-order valence-corrected chi connectivity index (χ1v) is 9.09. The third kappa shape index (κ3) is 5.01. The Bertz CT molecular complexity index is 484. The van der Waals surface area contributed by atoms with Gasteiger partial charge in [-0.2, -0.15) is 0 Å². The molecule has 0 unspecified atom stereocenters. The molecule has 122 valence electrons. The van der Waals surface area contributed by atoms with E-state index in [1.807, 2.05) is 31.7 Å². The molecule has 1 saturated heterocycles. The minimum atomic E-state index is -0.427. The van der Waals surface area contributed by atoms with Gasteiger partial charge in [0.25, 0.3) is 0 Å². The van der Waals surface area contributed by atoms with E-state index in [9.17, 15) is 4.79 Å². The predicted octanol–water partition coefficient (Wildman–Crippen LogP) is 4.50. The Morgan fingerprint density at radius 1 is 1.23 bits per heavy atom. The number of amides is 1. The Kier molecular flexibility index (Phi) is 5.90. The molecule has 1 aliphatic rings. The van der Waals surface area contributed by atoms with Crippen molar-refractivity contribution in [1.29, 1.82) is 0 Å². The molecule has 0 N–H and O–H groups in total. The number of carbonyl (C=O) groups is 1. The number of aryl methyl sites for hydroxylation is 1. The highest BCUT2D eigenvalue weighted by Crippen LogP contribution is 2.30. The summed E-state index contributed by atoms with van der Waals surface area (Å²) in [6.45, 7) is 7.33. The molecule has 1 heterocycles. The molecule has 1 aromatic rings. The predicted molar refractivity (Wildman–Crippen MR) is 93.3 cm³/mol. The fourth-order valence-corrected chi connectivity index (χ4v) is 3.65. The number of halogens is 1. The van der Waals surface area contributed by atoms with Crippen molar-refractivity contribution in [3.8, 4) is 0 Å². The molecule has 0 aliphatic carbocycles. The molecule has 1 amide bonds. The summed E-state index contributed by atoms with van der Waals surface area (Å²) in [7, 11) is 0. The lowest BCUT2D eigenvalue weighted by molar-refractivity contribution is 0.0284. The van der Waals surface area contributed by atoms with E-state index < -0.39 is 5.60 Å². The van der Waals surface area contributed by atoms with Gasteiger partial charge in [0.1, 0.15) is 5.60 Å². The van der Waals surface area contributed by atoms with E-state index in [0.29, 0.717) is 11.8 Å². The molecule has 2 atom stereocenters. The van der Waals surface area contributed by atoms with E-state index in [4.69, 9.17) is 4.74 Å². The molecular formula is C18H26BrNO2. The van der Waals surface area contributed by atoms with Crippen LogP contribution in [0.25, 0.3) is 0 Å². The quantitative estimate of drug-likeness (QED) is 0.733. The number of benzene rings is 1. The Balaban J connectivity index is 1.90. The van der Waals surface area contributed by atoms with E-state index in [-0.39, 0.29) is 6.09 Å². The van der Waals surface area contributed by atoms with Crippen LogP contribution in [0.15, 0.2) is 30.3 Å². The summed E-state index contributed by atoms with van der Waals surface area (Å²) in [5, 5.41) is 0.936. The lowest BCUT2D eigenvalue weighted by Crippen LogP contribution is -2.35. The molecule has 0 spiro atoms. The van der Waals surface area contributed by atoms with Gasteiger partial charge < -0.3 is 9.64 Å². The maximum atomic E-state index is 12.2. The number of hydrogen-bond acceptors (Lipinski definition) is 2. The number of ether oxygens (including phenoxy) is 1. The number of nitrogens with zero attached hydrogens (tertiary/aromatic N) is 1. The molecule has 4 heteroatoms. The van der Waals surface area contributed by atoms with Crippen LogP contribution in [0.2, 0.25) is 0 Å². The summed E-state index contributed by atoms with van der Waals surface area (Å²) in [4.78, 5) is 14.1. The number of hydrogen-bond donors (Lipinski definition) is 0. The van der Waals surface area contributed by atoms with Gasteiger partial charge in [0.2, 0.25) is 0 Å². The highest BCUT2D eigenvalue weighted by atomic mass is 79.9. The number of carbonyl (C=O) groups excluding carboxylic acids is 1. The Labute approximate surface area is 142 Å². The average Bonchev–Trinajstić information content (AvgIpc) is 2.88. The number of likely N-dealkylation sites (tertiary alicyclic amines) is 1. The van der Waals surface area contributed by atoms with E-state index in [1.165, 1.54) is 5.56 Å². The molecule has 0 saturated carbocycles. The molecular weight excluding hydrogens is 342 g/mol. The van der Waals surface area contributed by atoms with Gasteiger partial charge in [-0.1, -0.05) is 46.3 Å². The van der Waals surface area contributed by atoms with Gasteiger partial charge >= 0.3 is 6.09 Å². The zero-order valence-electron chi connectivity index (χ0n) is 13.7. The van der Waals surface area contributed by atoms with Crippen molar-refractivity contribution < 1.29 is 9.53 Å². The molecule has 0 aromatic heterocycles. The molecule has 1 fully saturated rings. The first-order chi connectivity index (χ1) is 10.4. The van der Waals surface area contributed by atoms with Crippen LogP contribution in [0.3, 0.4) is 0 Å². The second-order valence-electron chi connectivity index (χ2n) is 7.08. The van der Waals surface area contributed by atoms with Gasteiger partial charge in [0, 0.05) is 18.4 Å². The van der Waals surface area contributed by atoms with Crippen LogP contribution in [0.4, 0.5) is 4.79 Å². The van der Waals surface area contributed by atoms with E-state index >= 15 is 0 Å². The SMILES string of the molecule is CC(C)(C)OC(=O)N1C[C@H](CBr)[C@@H](CCc2ccccc2)C1. The summed E-state index contributed by atoms with van der Waals surface area (Å²) >= 11 is 3.60. The molecule has 3 nitrogen and oxygen atoms in total. The maximum Gasteiger partial charge on any atom is 0.410 e. The lowest BCUT2D eigenvalue weighted by Gasteiger charge is -2.24. The fraction of sp³-hybridized carbons (Fsp3) is 0.611. The minimum absolute atomic E-state index is 0.180. The summed E-state index contributed by atoms with van der Waals surface area (Å²) in [5.41, 5.74) is 0.940. The van der Waals surface area contributed by atoms with Gasteiger partial charge in [0.05, 0.1) is 0 Å². The van der Waals surface area contributed by atoms with Crippen molar-refractivity contribution in [3.63, 3.8) is 0 Å².